The van der Waals surface area contributed by atoms with Gasteiger partial charge in [0.1, 0.15) is 5.75 Å². The Kier molecular flexibility index (Phi) is 6.10. The fraction of sp³-hybridized carbons (Fsp3) is 0.174. The molecule has 8 heteroatoms. The molecule has 0 bridgehead atoms. The van der Waals surface area contributed by atoms with E-state index in [0.717, 1.165) is 9.13 Å². The minimum absolute atomic E-state index is 0.105. The normalized spacial score (nSPS) is 16.1. The van der Waals surface area contributed by atoms with Gasteiger partial charge in [-0.25, -0.2) is 9.79 Å². The van der Waals surface area contributed by atoms with Crippen molar-refractivity contribution >= 4 is 46.0 Å². The van der Waals surface area contributed by atoms with Crippen LogP contribution in [0.5, 0.6) is 5.75 Å². The number of phenols is 1. The summed E-state index contributed by atoms with van der Waals surface area (Å²) in [5.41, 5.74) is 2.21. The molecule has 1 N–H and O–H groups in total. The number of nitrogens with zero attached hydrogens (tertiary/aromatic N) is 2. The summed E-state index contributed by atoms with van der Waals surface area (Å²) in [7, 11) is 0. The highest BCUT2D eigenvalue weighted by atomic mass is 127. The molecule has 1 aromatic heterocycles. The lowest BCUT2D eigenvalue weighted by Gasteiger charge is -2.24. The van der Waals surface area contributed by atoms with Crippen LogP contribution in [0.1, 0.15) is 31.0 Å². The molecule has 0 fully saturated rings. The van der Waals surface area contributed by atoms with Crippen molar-refractivity contribution in [3.8, 4) is 5.75 Å². The largest absolute Gasteiger partial charge is 0.508 e. The highest BCUT2D eigenvalue weighted by Gasteiger charge is 2.33. The van der Waals surface area contributed by atoms with Gasteiger partial charge >= 0.3 is 5.97 Å². The lowest BCUT2D eigenvalue weighted by Crippen LogP contribution is -2.39. The Morgan fingerprint density at radius 2 is 1.90 bits per heavy atom. The third kappa shape index (κ3) is 4.22. The van der Waals surface area contributed by atoms with Gasteiger partial charge < -0.3 is 9.84 Å². The number of rotatable bonds is 4. The second-order valence-corrected chi connectivity index (χ2v) is 9.20. The van der Waals surface area contributed by atoms with Gasteiger partial charge in [-0.3, -0.25) is 9.36 Å². The fourth-order valence-corrected chi connectivity index (χ4v) is 4.88. The quantitative estimate of drug-likeness (QED) is 0.403. The lowest BCUT2D eigenvalue weighted by atomic mass is 9.96. The molecule has 6 nitrogen and oxygen atoms in total. The van der Waals surface area contributed by atoms with E-state index < -0.39 is 12.0 Å². The SMILES string of the molecule is CCOC(=O)C1=C(C)N=c2sc(=Cc3ccc(I)cc3)c(=O)n2C1c1ccc(O)cc1. The number of allylic oxidation sites excluding steroid dienone is 1. The van der Waals surface area contributed by atoms with E-state index in [1.54, 1.807) is 26.0 Å². The van der Waals surface area contributed by atoms with Gasteiger partial charge in [-0.1, -0.05) is 35.6 Å². The van der Waals surface area contributed by atoms with E-state index in [1.807, 2.05) is 30.3 Å². The number of hydrogen-bond acceptors (Lipinski definition) is 6. The van der Waals surface area contributed by atoms with Crippen molar-refractivity contribution in [2.75, 3.05) is 6.61 Å². The van der Waals surface area contributed by atoms with Crippen LogP contribution in [-0.4, -0.2) is 22.2 Å². The summed E-state index contributed by atoms with van der Waals surface area (Å²) in [4.78, 5) is 31.3. The molecule has 158 valence electrons. The first kappa shape index (κ1) is 21.5. The topological polar surface area (TPSA) is 80.9 Å². The number of aromatic hydroxyl groups is 1. The van der Waals surface area contributed by atoms with Gasteiger partial charge in [0.15, 0.2) is 4.80 Å². The van der Waals surface area contributed by atoms with Gasteiger partial charge in [0, 0.05) is 3.57 Å². The molecule has 4 rings (SSSR count). The number of ether oxygens (including phenoxy) is 1. The maximum Gasteiger partial charge on any atom is 0.338 e. The van der Waals surface area contributed by atoms with E-state index >= 15 is 0 Å². The average molecular weight is 546 g/mol. The van der Waals surface area contributed by atoms with Crippen LogP contribution >= 0.6 is 33.9 Å². The van der Waals surface area contributed by atoms with Crippen LogP contribution in [0.4, 0.5) is 0 Å². The number of fused-ring (bicyclic) bond motifs is 1. The zero-order valence-corrected chi connectivity index (χ0v) is 19.8. The molecule has 2 heterocycles. The molecule has 31 heavy (non-hydrogen) atoms. The number of aromatic nitrogens is 1. The van der Waals surface area contributed by atoms with E-state index in [1.165, 1.54) is 28.0 Å². The van der Waals surface area contributed by atoms with Gasteiger partial charge in [-0.05, 0) is 77.9 Å². The van der Waals surface area contributed by atoms with Crippen molar-refractivity contribution in [2.24, 2.45) is 4.99 Å². The van der Waals surface area contributed by atoms with Crippen LogP contribution in [0, 0.1) is 3.57 Å². The predicted octanol–water partition coefficient (Wildman–Crippen LogP) is 3.11. The van der Waals surface area contributed by atoms with Gasteiger partial charge in [-0.2, -0.15) is 0 Å². The Morgan fingerprint density at radius 3 is 2.55 bits per heavy atom. The van der Waals surface area contributed by atoms with Crippen LogP contribution in [0.25, 0.3) is 6.08 Å². The van der Waals surface area contributed by atoms with E-state index in [-0.39, 0.29) is 17.9 Å². The predicted molar refractivity (Wildman–Crippen MR) is 128 cm³/mol. The summed E-state index contributed by atoms with van der Waals surface area (Å²) >= 11 is 3.52. The molecule has 2 aromatic carbocycles. The highest BCUT2D eigenvalue weighted by molar-refractivity contribution is 14.1. The molecule has 1 aliphatic rings. The molecule has 0 saturated heterocycles. The summed E-state index contributed by atoms with van der Waals surface area (Å²) in [5, 5.41) is 9.71. The zero-order valence-electron chi connectivity index (χ0n) is 16.8. The molecule has 0 amide bonds. The number of halogens is 1. The summed E-state index contributed by atoms with van der Waals surface area (Å²) in [6.07, 6.45) is 1.83. The third-order valence-electron chi connectivity index (χ3n) is 4.89. The Hall–Kier alpha value is -2.72. The highest BCUT2D eigenvalue weighted by Crippen LogP contribution is 2.31. The number of thiazole rings is 1. The van der Waals surface area contributed by atoms with E-state index in [4.69, 9.17) is 4.74 Å². The lowest BCUT2D eigenvalue weighted by molar-refractivity contribution is -0.139. The van der Waals surface area contributed by atoms with Crippen molar-refractivity contribution < 1.29 is 14.6 Å². The van der Waals surface area contributed by atoms with Gasteiger partial charge in [0.05, 0.1) is 28.5 Å². The van der Waals surface area contributed by atoms with Crippen molar-refractivity contribution in [3.05, 3.63) is 94.2 Å². The Morgan fingerprint density at radius 1 is 1.23 bits per heavy atom. The van der Waals surface area contributed by atoms with E-state index in [2.05, 4.69) is 27.6 Å². The molecular formula is C23H19IN2O4S. The summed E-state index contributed by atoms with van der Waals surface area (Å²) in [6.45, 7) is 3.70. The van der Waals surface area contributed by atoms with Crippen molar-refractivity contribution in [3.63, 3.8) is 0 Å². The van der Waals surface area contributed by atoms with Crippen LogP contribution < -0.4 is 14.9 Å². The molecule has 0 aliphatic carbocycles. The maximum atomic E-state index is 13.4. The first-order valence-corrected chi connectivity index (χ1v) is 11.5. The van der Waals surface area contributed by atoms with Crippen LogP contribution in [0.2, 0.25) is 0 Å². The molecule has 0 radical (unpaired) electrons. The fourth-order valence-electron chi connectivity index (χ4n) is 3.47. The smallest absolute Gasteiger partial charge is 0.338 e. The molecule has 3 aromatic rings. The van der Waals surface area contributed by atoms with Crippen LogP contribution in [-0.2, 0) is 9.53 Å². The standard InChI is InChI=1S/C23H19IN2O4S/c1-3-30-22(29)19-13(2)25-23-26(20(19)15-6-10-17(27)11-7-15)21(28)18(31-23)12-14-4-8-16(24)9-5-14/h4-12,20,27H,3H2,1-2H3. The van der Waals surface area contributed by atoms with Gasteiger partial charge in [0.25, 0.3) is 5.56 Å². The zero-order chi connectivity index (χ0) is 22.1. The van der Waals surface area contributed by atoms with Crippen LogP contribution in [0.3, 0.4) is 0 Å². The second-order valence-electron chi connectivity index (χ2n) is 6.95. The summed E-state index contributed by atoms with van der Waals surface area (Å²) in [6, 6.07) is 13.7. The Labute approximate surface area is 196 Å². The number of hydrogen-bond donors (Lipinski definition) is 1. The molecule has 1 unspecified atom stereocenters. The summed E-state index contributed by atoms with van der Waals surface area (Å²) < 4.78 is 8.44. The number of esters is 1. The number of phenolic OH excluding ortho intramolecular Hbond substituents is 1. The number of benzene rings is 2. The van der Waals surface area contributed by atoms with Crippen molar-refractivity contribution in [1.29, 1.82) is 0 Å². The van der Waals surface area contributed by atoms with Gasteiger partial charge in [-0.15, -0.1) is 0 Å². The Balaban J connectivity index is 1.94. The van der Waals surface area contributed by atoms with Crippen LogP contribution in [0.15, 0.2) is 69.6 Å². The molecule has 1 aliphatic heterocycles. The minimum atomic E-state index is -0.685. The molecule has 0 spiro atoms. The third-order valence-corrected chi connectivity index (χ3v) is 6.60. The van der Waals surface area contributed by atoms with E-state index in [0.29, 0.717) is 26.2 Å². The monoisotopic (exact) mass is 546 g/mol. The van der Waals surface area contributed by atoms with E-state index in [9.17, 15) is 14.7 Å². The van der Waals surface area contributed by atoms with Crippen molar-refractivity contribution in [1.82, 2.24) is 4.57 Å². The molecule has 1 atom stereocenters. The molecular weight excluding hydrogens is 527 g/mol. The average Bonchev–Trinajstić information content (AvgIpc) is 3.04. The summed E-state index contributed by atoms with van der Waals surface area (Å²) in [5.74, 6) is -0.401. The second kappa shape index (κ2) is 8.80. The number of carbonyl (C=O) groups excluding carboxylic acids is 1. The number of carbonyl (C=O) groups is 1. The minimum Gasteiger partial charge on any atom is -0.508 e. The maximum absolute atomic E-state index is 13.4. The Bertz CT molecular complexity index is 1350. The van der Waals surface area contributed by atoms with Crippen molar-refractivity contribution in [2.45, 2.75) is 19.9 Å². The molecule has 0 saturated carbocycles. The first-order valence-electron chi connectivity index (χ1n) is 9.63. The van der Waals surface area contributed by atoms with Gasteiger partial charge in [0.2, 0.25) is 0 Å². The first-order chi connectivity index (χ1) is 14.9.